The quantitative estimate of drug-likeness (QED) is 0.796. The first kappa shape index (κ1) is 15.8. The Morgan fingerprint density at radius 3 is 3.10 bits per heavy atom. The first-order valence-electron chi connectivity index (χ1n) is 6.86. The lowest BCUT2D eigenvalue weighted by Gasteiger charge is -2.31. The first-order valence-corrected chi connectivity index (χ1v) is 7.74. The van der Waals surface area contributed by atoms with Gasteiger partial charge in [0.1, 0.15) is 5.03 Å². The number of carbonyl (C=O) groups excluding carboxylic acids is 2. The van der Waals surface area contributed by atoms with Crippen LogP contribution in [-0.2, 0) is 14.3 Å². The summed E-state index contributed by atoms with van der Waals surface area (Å²) >= 11 is 1.36. The van der Waals surface area contributed by atoms with Gasteiger partial charge in [0.05, 0.1) is 17.5 Å². The van der Waals surface area contributed by atoms with Gasteiger partial charge in [-0.15, -0.1) is 0 Å². The minimum Gasteiger partial charge on any atom is -0.383 e. The van der Waals surface area contributed by atoms with Gasteiger partial charge in [0, 0.05) is 32.8 Å². The molecule has 1 atom stereocenters. The molecule has 0 saturated carbocycles. The molecule has 6 nitrogen and oxygen atoms in total. The molecule has 7 heteroatoms. The van der Waals surface area contributed by atoms with Crippen molar-refractivity contribution in [2.24, 2.45) is 0 Å². The maximum atomic E-state index is 12.5. The van der Waals surface area contributed by atoms with Crippen LogP contribution in [0.2, 0.25) is 0 Å². The number of hydrogen-bond donors (Lipinski definition) is 1. The van der Waals surface area contributed by atoms with Crippen LogP contribution in [0.4, 0.5) is 5.69 Å². The average molecular weight is 309 g/mol. The zero-order chi connectivity index (χ0) is 15.2. The SMILES string of the molecule is CCN1C(=O)[C@@H](CC(=O)NCCOC)Sc2ncccc21. The summed E-state index contributed by atoms with van der Waals surface area (Å²) in [6.45, 7) is 3.40. The average Bonchev–Trinajstić information content (AvgIpc) is 2.48. The topological polar surface area (TPSA) is 71.5 Å². The molecular weight excluding hydrogens is 290 g/mol. The highest BCUT2D eigenvalue weighted by molar-refractivity contribution is 8.00. The Labute approximate surface area is 128 Å². The zero-order valence-corrected chi connectivity index (χ0v) is 13.0. The fraction of sp³-hybridized carbons (Fsp3) is 0.500. The van der Waals surface area contributed by atoms with Gasteiger partial charge in [0.2, 0.25) is 11.8 Å². The Morgan fingerprint density at radius 2 is 2.38 bits per heavy atom. The predicted molar refractivity (Wildman–Crippen MR) is 81.4 cm³/mol. The van der Waals surface area contributed by atoms with Gasteiger partial charge in [-0.1, -0.05) is 11.8 Å². The van der Waals surface area contributed by atoms with Crippen LogP contribution in [0, 0.1) is 0 Å². The second-order valence-corrected chi connectivity index (χ2v) is 5.75. The Kier molecular flexibility index (Phi) is 5.58. The fourth-order valence-electron chi connectivity index (χ4n) is 2.14. The molecule has 21 heavy (non-hydrogen) atoms. The molecule has 0 bridgehead atoms. The predicted octanol–water partition coefficient (Wildman–Crippen LogP) is 1.06. The summed E-state index contributed by atoms with van der Waals surface area (Å²) in [6, 6.07) is 3.69. The van der Waals surface area contributed by atoms with Crippen molar-refractivity contribution in [1.82, 2.24) is 10.3 Å². The molecule has 1 N–H and O–H groups in total. The number of rotatable bonds is 6. The van der Waals surface area contributed by atoms with Crippen LogP contribution in [-0.4, -0.2) is 48.9 Å². The number of carbonyl (C=O) groups is 2. The van der Waals surface area contributed by atoms with Gasteiger partial charge in [0.15, 0.2) is 0 Å². The first-order chi connectivity index (χ1) is 10.2. The van der Waals surface area contributed by atoms with E-state index in [0.717, 1.165) is 10.7 Å². The highest BCUT2D eigenvalue weighted by atomic mass is 32.2. The van der Waals surface area contributed by atoms with E-state index in [9.17, 15) is 9.59 Å². The highest BCUT2D eigenvalue weighted by Gasteiger charge is 2.34. The van der Waals surface area contributed by atoms with Crippen molar-refractivity contribution in [1.29, 1.82) is 0 Å². The second kappa shape index (κ2) is 7.42. The summed E-state index contributed by atoms with van der Waals surface area (Å²) in [4.78, 5) is 30.3. The van der Waals surface area contributed by atoms with E-state index in [2.05, 4.69) is 10.3 Å². The highest BCUT2D eigenvalue weighted by Crippen LogP contribution is 2.38. The Bertz CT molecular complexity index is 524. The maximum Gasteiger partial charge on any atom is 0.241 e. The molecule has 1 aliphatic heterocycles. The minimum absolute atomic E-state index is 0.0371. The molecule has 0 unspecified atom stereocenters. The van der Waals surface area contributed by atoms with Crippen LogP contribution < -0.4 is 10.2 Å². The Balaban J connectivity index is 2.05. The number of anilines is 1. The molecule has 2 heterocycles. The van der Waals surface area contributed by atoms with Gasteiger partial charge >= 0.3 is 0 Å². The van der Waals surface area contributed by atoms with Crippen molar-refractivity contribution in [3.63, 3.8) is 0 Å². The van der Waals surface area contributed by atoms with Gasteiger partial charge < -0.3 is 15.0 Å². The standard InChI is InChI=1S/C14H19N3O3S/c1-3-17-10-5-4-6-16-13(10)21-11(14(17)19)9-12(18)15-7-8-20-2/h4-6,11H,3,7-9H2,1-2H3,(H,15,18)/t11-/m1/s1. The molecule has 0 radical (unpaired) electrons. The van der Waals surface area contributed by atoms with E-state index in [1.165, 1.54) is 11.8 Å². The van der Waals surface area contributed by atoms with Gasteiger partial charge in [-0.2, -0.15) is 0 Å². The number of aromatic nitrogens is 1. The number of methoxy groups -OCH3 is 1. The number of amides is 2. The van der Waals surface area contributed by atoms with Crippen LogP contribution in [0.3, 0.4) is 0 Å². The van der Waals surface area contributed by atoms with Crippen LogP contribution in [0.1, 0.15) is 13.3 Å². The van der Waals surface area contributed by atoms with E-state index in [1.54, 1.807) is 18.2 Å². The fourth-order valence-corrected chi connectivity index (χ4v) is 3.30. The molecule has 0 saturated heterocycles. The third-order valence-electron chi connectivity index (χ3n) is 3.15. The number of hydrogen-bond acceptors (Lipinski definition) is 5. The third-order valence-corrected chi connectivity index (χ3v) is 4.34. The third kappa shape index (κ3) is 3.74. The number of thioether (sulfide) groups is 1. The number of fused-ring (bicyclic) bond motifs is 1. The van der Waals surface area contributed by atoms with Crippen LogP contribution in [0.15, 0.2) is 23.4 Å². The van der Waals surface area contributed by atoms with E-state index in [1.807, 2.05) is 19.1 Å². The molecule has 1 aliphatic rings. The van der Waals surface area contributed by atoms with Gasteiger partial charge in [-0.05, 0) is 19.1 Å². The number of nitrogens with one attached hydrogen (secondary N) is 1. The lowest BCUT2D eigenvalue weighted by molar-refractivity contribution is -0.125. The monoisotopic (exact) mass is 309 g/mol. The number of ether oxygens (including phenoxy) is 1. The van der Waals surface area contributed by atoms with Crippen molar-refractivity contribution in [2.75, 3.05) is 31.7 Å². The van der Waals surface area contributed by atoms with Crippen LogP contribution >= 0.6 is 11.8 Å². The summed E-state index contributed by atoms with van der Waals surface area (Å²) in [5, 5.41) is 3.12. The van der Waals surface area contributed by atoms with E-state index in [4.69, 9.17) is 4.74 Å². The lowest BCUT2D eigenvalue weighted by Crippen LogP contribution is -2.43. The Hall–Kier alpha value is -1.60. The van der Waals surface area contributed by atoms with E-state index in [-0.39, 0.29) is 18.2 Å². The number of nitrogens with zero attached hydrogens (tertiary/aromatic N) is 2. The van der Waals surface area contributed by atoms with Crippen LogP contribution in [0.25, 0.3) is 0 Å². The zero-order valence-electron chi connectivity index (χ0n) is 12.2. The molecule has 2 rings (SSSR count). The molecule has 0 aromatic carbocycles. The minimum atomic E-state index is -0.421. The second-order valence-electron chi connectivity index (χ2n) is 4.56. The van der Waals surface area contributed by atoms with Crippen molar-refractivity contribution in [3.05, 3.63) is 18.3 Å². The molecule has 0 fully saturated rings. The largest absolute Gasteiger partial charge is 0.383 e. The van der Waals surface area contributed by atoms with Crippen LogP contribution in [0.5, 0.6) is 0 Å². The summed E-state index contributed by atoms with van der Waals surface area (Å²) in [6.07, 6.45) is 1.85. The van der Waals surface area contributed by atoms with Gasteiger partial charge in [-0.25, -0.2) is 4.98 Å². The Morgan fingerprint density at radius 1 is 1.57 bits per heavy atom. The summed E-state index contributed by atoms with van der Waals surface area (Å²) in [7, 11) is 1.58. The summed E-state index contributed by atoms with van der Waals surface area (Å²) in [5.41, 5.74) is 0.825. The smallest absolute Gasteiger partial charge is 0.241 e. The molecular formula is C14H19N3O3S. The number of pyridine rings is 1. The molecule has 1 aromatic rings. The van der Waals surface area contributed by atoms with Gasteiger partial charge in [-0.3, -0.25) is 9.59 Å². The molecule has 114 valence electrons. The van der Waals surface area contributed by atoms with E-state index >= 15 is 0 Å². The molecule has 1 aromatic heterocycles. The van der Waals surface area contributed by atoms with E-state index in [0.29, 0.717) is 19.7 Å². The van der Waals surface area contributed by atoms with Crippen molar-refractivity contribution in [3.8, 4) is 0 Å². The maximum absolute atomic E-state index is 12.5. The molecule has 0 aliphatic carbocycles. The lowest BCUT2D eigenvalue weighted by atomic mass is 10.2. The van der Waals surface area contributed by atoms with E-state index < -0.39 is 5.25 Å². The van der Waals surface area contributed by atoms with Crippen molar-refractivity contribution in [2.45, 2.75) is 23.6 Å². The molecule has 0 spiro atoms. The molecule has 2 amide bonds. The summed E-state index contributed by atoms with van der Waals surface area (Å²) in [5.74, 6) is -0.182. The normalized spacial score (nSPS) is 17.5. The van der Waals surface area contributed by atoms with Crippen molar-refractivity contribution < 1.29 is 14.3 Å². The van der Waals surface area contributed by atoms with Crippen molar-refractivity contribution >= 4 is 29.3 Å². The van der Waals surface area contributed by atoms with Gasteiger partial charge in [0.25, 0.3) is 0 Å². The summed E-state index contributed by atoms with van der Waals surface area (Å²) < 4.78 is 4.88.